The van der Waals surface area contributed by atoms with E-state index in [9.17, 15) is 14.7 Å². The van der Waals surface area contributed by atoms with Crippen molar-refractivity contribution in [2.24, 2.45) is 0 Å². The molecule has 0 aliphatic heterocycles. The fourth-order valence-electron chi connectivity index (χ4n) is 1.17. The first kappa shape index (κ1) is 15.6. The lowest BCUT2D eigenvalue weighted by molar-refractivity contribution is -0.149. The van der Waals surface area contributed by atoms with Gasteiger partial charge in [0.2, 0.25) is 0 Å². The number of carbonyl (C=O) groups excluding carboxylic acids is 2. The standard InChI is InChI=1S/C11H12Cl2N2O4/c1-19-10(17)9(16)5-14-11(18)15-8-4-6(12)2-3-7(8)13/h2-4,9,16H,5H2,1H3,(H2,14,15,18). The summed E-state index contributed by atoms with van der Waals surface area (Å²) in [4.78, 5) is 22.4. The van der Waals surface area contributed by atoms with Crippen LogP contribution in [0, 0.1) is 0 Å². The van der Waals surface area contributed by atoms with Gasteiger partial charge in [0, 0.05) is 5.02 Å². The van der Waals surface area contributed by atoms with Gasteiger partial charge in [0.25, 0.3) is 0 Å². The van der Waals surface area contributed by atoms with Crippen molar-refractivity contribution in [1.82, 2.24) is 5.32 Å². The van der Waals surface area contributed by atoms with E-state index in [1.165, 1.54) is 12.1 Å². The number of ether oxygens (including phenoxy) is 1. The second-order valence-corrected chi connectivity index (χ2v) is 4.34. The number of anilines is 1. The third-order valence-electron chi connectivity index (χ3n) is 2.11. The molecule has 0 saturated heterocycles. The van der Waals surface area contributed by atoms with Crippen LogP contribution in [0.2, 0.25) is 10.0 Å². The largest absolute Gasteiger partial charge is 0.467 e. The zero-order valence-electron chi connectivity index (χ0n) is 9.94. The number of halogens is 2. The SMILES string of the molecule is COC(=O)C(O)CNC(=O)Nc1cc(Cl)ccc1Cl. The van der Waals surface area contributed by atoms with Crippen LogP contribution in [0.25, 0.3) is 0 Å². The highest BCUT2D eigenvalue weighted by atomic mass is 35.5. The predicted octanol–water partition coefficient (Wildman–Crippen LogP) is 1.65. The van der Waals surface area contributed by atoms with Crippen molar-refractivity contribution < 1.29 is 19.4 Å². The van der Waals surface area contributed by atoms with Crippen molar-refractivity contribution in [3.8, 4) is 0 Å². The summed E-state index contributed by atoms with van der Waals surface area (Å²) in [6, 6.07) is 3.95. The number of nitrogens with one attached hydrogen (secondary N) is 2. The van der Waals surface area contributed by atoms with E-state index in [0.29, 0.717) is 15.7 Å². The zero-order chi connectivity index (χ0) is 14.4. The Hall–Kier alpha value is -1.50. The van der Waals surface area contributed by atoms with Gasteiger partial charge in [-0.2, -0.15) is 0 Å². The lowest BCUT2D eigenvalue weighted by Crippen LogP contribution is -2.39. The monoisotopic (exact) mass is 306 g/mol. The Bertz CT molecular complexity index is 482. The van der Waals surface area contributed by atoms with Crippen LogP contribution in [0.4, 0.5) is 10.5 Å². The fourth-order valence-corrected chi connectivity index (χ4v) is 1.51. The first-order chi connectivity index (χ1) is 8.93. The van der Waals surface area contributed by atoms with Crippen LogP contribution in [-0.4, -0.2) is 36.9 Å². The number of hydrogen-bond donors (Lipinski definition) is 3. The molecule has 0 bridgehead atoms. The average Bonchev–Trinajstić information content (AvgIpc) is 2.39. The van der Waals surface area contributed by atoms with Crippen molar-refractivity contribution in [1.29, 1.82) is 0 Å². The minimum Gasteiger partial charge on any atom is -0.467 e. The Balaban J connectivity index is 2.52. The van der Waals surface area contributed by atoms with Gasteiger partial charge in [-0.1, -0.05) is 23.2 Å². The van der Waals surface area contributed by atoms with Crippen LogP contribution in [-0.2, 0) is 9.53 Å². The highest BCUT2D eigenvalue weighted by molar-refractivity contribution is 6.35. The van der Waals surface area contributed by atoms with Crippen LogP contribution in [0.1, 0.15) is 0 Å². The lowest BCUT2D eigenvalue weighted by atomic mass is 10.3. The maximum atomic E-state index is 11.5. The minimum atomic E-state index is -1.43. The number of carbonyl (C=O) groups is 2. The fraction of sp³-hybridized carbons (Fsp3) is 0.273. The highest BCUT2D eigenvalue weighted by Gasteiger charge is 2.16. The third-order valence-corrected chi connectivity index (χ3v) is 2.67. The molecule has 2 amide bonds. The van der Waals surface area contributed by atoms with Gasteiger partial charge in [0.1, 0.15) is 0 Å². The van der Waals surface area contributed by atoms with Gasteiger partial charge in [-0.05, 0) is 18.2 Å². The zero-order valence-corrected chi connectivity index (χ0v) is 11.5. The molecular formula is C11H12Cl2N2O4. The molecule has 0 radical (unpaired) electrons. The molecule has 0 aromatic heterocycles. The summed E-state index contributed by atoms with van der Waals surface area (Å²) < 4.78 is 4.30. The molecule has 19 heavy (non-hydrogen) atoms. The molecule has 6 nitrogen and oxygen atoms in total. The third kappa shape index (κ3) is 4.94. The van der Waals surface area contributed by atoms with E-state index >= 15 is 0 Å². The molecule has 0 fully saturated rings. The molecule has 0 heterocycles. The summed E-state index contributed by atoms with van der Waals surface area (Å²) in [5.41, 5.74) is 0.319. The van der Waals surface area contributed by atoms with Gasteiger partial charge in [-0.15, -0.1) is 0 Å². The summed E-state index contributed by atoms with van der Waals surface area (Å²) in [5.74, 6) is -0.832. The van der Waals surface area contributed by atoms with E-state index in [-0.39, 0.29) is 6.54 Å². The number of aliphatic hydroxyl groups is 1. The number of amides is 2. The van der Waals surface area contributed by atoms with Gasteiger partial charge >= 0.3 is 12.0 Å². The number of hydrogen-bond acceptors (Lipinski definition) is 4. The molecule has 1 atom stereocenters. The van der Waals surface area contributed by atoms with Crippen molar-refractivity contribution in [3.63, 3.8) is 0 Å². The molecule has 8 heteroatoms. The second-order valence-electron chi connectivity index (χ2n) is 3.50. The molecule has 1 rings (SSSR count). The van der Waals surface area contributed by atoms with Crippen LogP contribution < -0.4 is 10.6 Å². The lowest BCUT2D eigenvalue weighted by Gasteiger charge is -2.11. The molecular weight excluding hydrogens is 295 g/mol. The topological polar surface area (TPSA) is 87.7 Å². The van der Waals surface area contributed by atoms with E-state index in [4.69, 9.17) is 23.2 Å². The van der Waals surface area contributed by atoms with Gasteiger partial charge in [-0.3, -0.25) is 0 Å². The molecule has 104 valence electrons. The van der Waals surface area contributed by atoms with Crippen molar-refractivity contribution in [2.75, 3.05) is 19.0 Å². The molecule has 0 spiro atoms. The van der Waals surface area contributed by atoms with Crippen LogP contribution in [0.3, 0.4) is 0 Å². The molecule has 1 unspecified atom stereocenters. The number of esters is 1. The summed E-state index contributed by atoms with van der Waals surface area (Å²) >= 11 is 11.6. The number of rotatable bonds is 4. The first-order valence-corrected chi connectivity index (χ1v) is 5.95. The number of aliphatic hydroxyl groups excluding tert-OH is 1. The molecule has 3 N–H and O–H groups in total. The predicted molar refractivity (Wildman–Crippen MR) is 71.5 cm³/mol. The number of urea groups is 1. The summed E-state index contributed by atoms with van der Waals surface area (Å²) in [6.45, 7) is -0.281. The Morgan fingerprint density at radius 3 is 2.74 bits per heavy atom. The van der Waals surface area contributed by atoms with Gasteiger partial charge in [0.15, 0.2) is 6.10 Å². The molecule has 1 aromatic rings. The Labute approximate surface area is 119 Å². The van der Waals surface area contributed by atoms with Gasteiger partial charge < -0.3 is 20.5 Å². The Kier molecular flexibility index (Phi) is 5.88. The molecule has 1 aromatic carbocycles. The van der Waals surface area contributed by atoms with Crippen LogP contribution in [0.5, 0.6) is 0 Å². The second kappa shape index (κ2) is 7.18. The minimum absolute atomic E-state index is 0.281. The van der Waals surface area contributed by atoms with Gasteiger partial charge in [-0.25, -0.2) is 9.59 Å². The van der Waals surface area contributed by atoms with E-state index < -0.39 is 18.1 Å². The van der Waals surface area contributed by atoms with Crippen LogP contribution >= 0.6 is 23.2 Å². The Morgan fingerprint density at radius 2 is 2.11 bits per heavy atom. The number of methoxy groups -OCH3 is 1. The summed E-state index contributed by atoms with van der Waals surface area (Å²) in [5, 5.41) is 14.7. The van der Waals surface area contributed by atoms with Crippen LogP contribution in [0.15, 0.2) is 18.2 Å². The Morgan fingerprint density at radius 1 is 1.42 bits per heavy atom. The van der Waals surface area contributed by atoms with Crippen molar-refractivity contribution >= 4 is 40.9 Å². The quantitative estimate of drug-likeness (QED) is 0.738. The van der Waals surface area contributed by atoms with E-state index in [1.807, 2.05) is 0 Å². The van der Waals surface area contributed by atoms with E-state index in [2.05, 4.69) is 15.4 Å². The molecule has 0 aliphatic rings. The van der Waals surface area contributed by atoms with E-state index in [0.717, 1.165) is 7.11 Å². The summed E-state index contributed by atoms with van der Waals surface area (Å²) in [6.07, 6.45) is -1.43. The first-order valence-electron chi connectivity index (χ1n) is 5.20. The average molecular weight is 307 g/mol. The molecule has 0 saturated carbocycles. The van der Waals surface area contributed by atoms with Gasteiger partial charge in [0.05, 0.1) is 24.4 Å². The maximum Gasteiger partial charge on any atom is 0.336 e. The molecule has 0 aliphatic carbocycles. The smallest absolute Gasteiger partial charge is 0.336 e. The highest BCUT2D eigenvalue weighted by Crippen LogP contribution is 2.25. The summed E-state index contributed by atoms with van der Waals surface area (Å²) in [7, 11) is 1.14. The van der Waals surface area contributed by atoms with Crippen molar-refractivity contribution in [2.45, 2.75) is 6.10 Å². The normalized spacial score (nSPS) is 11.6. The maximum absolute atomic E-state index is 11.5. The van der Waals surface area contributed by atoms with Crippen molar-refractivity contribution in [3.05, 3.63) is 28.2 Å². The number of benzene rings is 1. The van der Waals surface area contributed by atoms with E-state index in [1.54, 1.807) is 6.07 Å².